The summed E-state index contributed by atoms with van der Waals surface area (Å²) in [7, 11) is 0. The largest absolute Gasteiger partial charge is 0.482 e. The van der Waals surface area contributed by atoms with Gasteiger partial charge in [-0.2, -0.15) is 13.2 Å². The molecule has 1 aromatic carbocycles. The highest BCUT2D eigenvalue weighted by Gasteiger charge is 2.69. The first kappa shape index (κ1) is 23.7. The Labute approximate surface area is 202 Å². The Morgan fingerprint density at radius 2 is 1.89 bits per heavy atom. The second kappa shape index (κ2) is 8.27. The highest BCUT2D eigenvalue weighted by atomic mass is 35.5. The third-order valence-electron chi connectivity index (χ3n) is 6.55. The summed E-state index contributed by atoms with van der Waals surface area (Å²) in [6, 6.07) is 6.74. The van der Waals surface area contributed by atoms with Gasteiger partial charge in [-0.1, -0.05) is 11.6 Å². The van der Waals surface area contributed by atoms with Gasteiger partial charge in [-0.05, 0) is 49.6 Å². The van der Waals surface area contributed by atoms with E-state index in [1.54, 1.807) is 18.2 Å². The van der Waals surface area contributed by atoms with Gasteiger partial charge in [0.1, 0.15) is 17.2 Å². The third-order valence-corrected chi connectivity index (χ3v) is 6.78. The Bertz CT molecular complexity index is 1150. The molecule has 1 aliphatic heterocycles. The number of pyridine rings is 1. The number of aliphatic hydroxyl groups is 1. The van der Waals surface area contributed by atoms with E-state index in [9.17, 15) is 27.9 Å². The van der Waals surface area contributed by atoms with Crippen molar-refractivity contribution in [2.45, 2.75) is 55.1 Å². The molecule has 3 N–H and O–H groups in total. The average molecular weight is 512 g/mol. The lowest BCUT2D eigenvalue weighted by Gasteiger charge is -2.70. The summed E-state index contributed by atoms with van der Waals surface area (Å²) in [5, 5.41) is 16.7. The molecule has 2 bridgehead atoms. The maximum absolute atomic E-state index is 12.8. The van der Waals surface area contributed by atoms with Crippen LogP contribution in [0.5, 0.6) is 11.5 Å². The minimum Gasteiger partial charge on any atom is -0.482 e. The van der Waals surface area contributed by atoms with E-state index >= 15 is 0 Å². The van der Waals surface area contributed by atoms with Gasteiger partial charge in [0, 0.05) is 28.1 Å². The first-order valence-electron chi connectivity index (χ1n) is 10.9. The zero-order valence-electron chi connectivity index (χ0n) is 18.2. The Balaban J connectivity index is 1.08. The van der Waals surface area contributed by atoms with Crippen LogP contribution in [-0.2, 0) is 15.8 Å². The third kappa shape index (κ3) is 4.62. The molecule has 2 heterocycles. The molecule has 35 heavy (non-hydrogen) atoms. The Kier molecular flexibility index (Phi) is 5.59. The van der Waals surface area contributed by atoms with Crippen LogP contribution in [0, 0.1) is 0 Å². The van der Waals surface area contributed by atoms with Gasteiger partial charge < -0.3 is 25.2 Å². The molecule has 3 fully saturated rings. The molecule has 0 radical (unpaired) electrons. The van der Waals surface area contributed by atoms with E-state index in [1.165, 1.54) is 0 Å². The summed E-state index contributed by atoms with van der Waals surface area (Å²) in [4.78, 5) is 28.3. The number of nitrogens with zero attached hydrogens (tertiary/aromatic N) is 1. The van der Waals surface area contributed by atoms with E-state index in [2.05, 4.69) is 15.6 Å². The number of aliphatic hydroxyl groups excluding tert-OH is 1. The molecule has 2 aromatic rings. The van der Waals surface area contributed by atoms with Crippen LogP contribution in [0.1, 0.15) is 43.0 Å². The number of rotatable bonds is 6. The zero-order chi connectivity index (χ0) is 25.0. The number of amides is 2. The molecule has 1 aromatic heterocycles. The number of aromatic nitrogens is 1. The standard InChI is InChI=1S/C23H21ClF3N3O5/c24-12-1-3-16-14(5-12)15(31)6-17(35-16)20(33)30-22-9-21(10-22,11-22)29-19(32)8-34-13-2-4-18(28-7-13)23(25,26)27/h1-5,7,15,17,31H,6,8-11H2,(H,29,32)(H,30,33)/t15-,17-,21?,22?/m1/s1. The van der Waals surface area contributed by atoms with Crippen molar-refractivity contribution in [3.8, 4) is 11.5 Å². The predicted octanol–water partition coefficient (Wildman–Crippen LogP) is 2.92. The lowest BCUT2D eigenvalue weighted by Crippen LogP contribution is -2.84. The van der Waals surface area contributed by atoms with Crippen LogP contribution in [0.3, 0.4) is 0 Å². The number of halogens is 4. The number of carbonyl (C=O) groups is 2. The molecule has 0 spiro atoms. The maximum atomic E-state index is 12.8. The maximum Gasteiger partial charge on any atom is 0.433 e. The Hall–Kier alpha value is -3.05. The van der Waals surface area contributed by atoms with Gasteiger partial charge >= 0.3 is 6.18 Å². The first-order valence-corrected chi connectivity index (χ1v) is 11.3. The molecule has 0 saturated heterocycles. The molecule has 6 rings (SSSR count). The molecular formula is C23H21ClF3N3O5. The van der Waals surface area contributed by atoms with Crippen LogP contribution in [0.4, 0.5) is 13.2 Å². The van der Waals surface area contributed by atoms with Gasteiger partial charge in [-0.3, -0.25) is 9.59 Å². The van der Waals surface area contributed by atoms with Crippen molar-refractivity contribution in [2.24, 2.45) is 0 Å². The van der Waals surface area contributed by atoms with E-state index in [1.807, 2.05) is 0 Å². The number of carbonyl (C=O) groups excluding carboxylic acids is 2. The molecule has 186 valence electrons. The van der Waals surface area contributed by atoms with Crippen LogP contribution in [0.2, 0.25) is 5.02 Å². The summed E-state index contributed by atoms with van der Waals surface area (Å²) in [6.07, 6.45) is -3.61. The van der Waals surface area contributed by atoms with Gasteiger partial charge in [0.25, 0.3) is 11.8 Å². The fraction of sp³-hybridized carbons (Fsp3) is 0.435. The highest BCUT2D eigenvalue weighted by Crippen LogP contribution is 2.60. The summed E-state index contributed by atoms with van der Waals surface area (Å²) in [5.41, 5.74) is -1.38. The summed E-state index contributed by atoms with van der Waals surface area (Å²) < 4.78 is 48.7. The molecule has 12 heteroatoms. The molecular weight excluding hydrogens is 491 g/mol. The van der Waals surface area contributed by atoms with Crippen LogP contribution in [0.15, 0.2) is 36.5 Å². The van der Waals surface area contributed by atoms with Crippen molar-refractivity contribution in [1.29, 1.82) is 0 Å². The Morgan fingerprint density at radius 1 is 1.17 bits per heavy atom. The topological polar surface area (TPSA) is 110 Å². The second-order valence-electron chi connectivity index (χ2n) is 9.33. The summed E-state index contributed by atoms with van der Waals surface area (Å²) >= 11 is 5.96. The predicted molar refractivity (Wildman–Crippen MR) is 116 cm³/mol. The highest BCUT2D eigenvalue weighted by molar-refractivity contribution is 6.30. The number of alkyl halides is 3. The van der Waals surface area contributed by atoms with Gasteiger partial charge in [0.2, 0.25) is 0 Å². The number of benzene rings is 1. The Morgan fingerprint density at radius 3 is 2.54 bits per heavy atom. The SMILES string of the molecule is O=C(COc1ccc(C(F)(F)F)nc1)NC12CC(NC(=O)[C@H]3C[C@@H](O)c4cc(Cl)ccc4O3)(C1)C2. The molecule has 2 atom stereocenters. The molecule has 3 saturated carbocycles. The average Bonchev–Trinajstić information content (AvgIpc) is 2.75. The summed E-state index contributed by atoms with van der Waals surface area (Å²) in [6.45, 7) is -0.370. The minimum atomic E-state index is -4.55. The smallest absolute Gasteiger partial charge is 0.433 e. The number of hydrogen-bond donors (Lipinski definition) is 3. The van der Waals surface area contributed by atoms with E-state index in [0.29, 0.717) is 35.6 Å². The van der Waals surface area contributed by atoms with E-state index < -0.39 is 41.1 Å². The second-order valence-corrected chi connectivity index (χ2v) is 9.77. The van der Waals surface area contributed by atoms with Crippen LogP contribution < -0.4 is 20.1 Å². The molecule has 8 nitrogen and oxygen atoms in total. The van der Waals surface area contributed by atoms with E-state index in [0.717, 1.165) is 18.3 Å². The molecule has 0 unspecified atom stereocenters. The van der Waals surface area contributed by atoms with Crippen molar-refractivity contribution in [3.05, 3.63) is 52.8 Å². The van der Waals surface area contributed by atoms with Crippen molar-refractivity contribution in [3.63, 3.8) is 0 Å². The molecule has 2 amide bonds. The lowest BCUT2D eigenvalue weighted by molar-refractivity contribution is -0.155. The van der Waals surface area contributed by atoms with Crippen LogP contribution in [-0.4, -0.2) is 45.7 Å². The van der Waals surface area contributed by atoms with Gasteiger partial charge in [-0.25, -0.2) is 4.98 Å². The van der Waals surface area contributed by atoms with Crippen LogP contribution >= 0.6 is 11.6 Å². The lowest BCUT2D eigenvalue weighted by atomic mass is 9.44. The minimum absolute atomic E-state index is 0.0491. The summed E-state index contributed by atoms with van der Waals surface area (Å²) in [5.74, 6) is -0.285. The molecule has 3 aliphatic carbocycles. The number of fused-ring (bicyclic) bond motifs is 1. The van der Waals surface area contributed by atoms with E-state index in [4.69, 9.17) is 21.1 Å². The van der Waals surface area contributed by atoms with Crippen molar-refractivity contribution in [2.75, 3.05) is 6.61 Å². The number of ether oxygens (including phenoxy) is 2. The normalized spacial score (nSPS) is 28.5. The van der Waals surface area contributed by atoms with Crippen molar-refractivity contribution < 1.29 is 37.3 Å². The monoisotopic (exact) mass is 511 g/mol. The van der Waals surface area contributed by atoms with Crippen molar-refractivity contribution >= 4 is 23.4 Å². The quantitative estimate of drug-likeness (QED) is 0.550. The van der Waals surface area contributed by atoms with E-state index in [-0.39, 0.29) is 24.7 Å². The van der Waals surface area contributed by atoms with Gasteiger partial charge in [-0.15, -0.1) is 0 Å². The van der Waals surface area contributed by atoms with Crippen LogP contribution in [0.25, 0.3) is 0 Å². The van der Waals surface area contributed by atoms with Crippen molar-refractivity contribution in [1.82, 2.24) is 15.6 Å². The first-order chi connectivity index (χ1) is 16.5. The fourth-order valence-corrected chi connectivity index (χ4v) is 5.27. The van der Waals surface area contributed by atoms with Gasteiger partial charge in [0.05, 0.1) is 12.3 Å². The molecule has 4 aliphatic rings. The zero-order valence-corrected chi connectivity index (χ0v) is 18.9. The number of hydrogen-bond acceptors (Lipinski definition) is 6. The number of nitrogens with one attached hydrogen (secondary N) is 2. The fourth-order valence-electron chi connectivity index (χ4n) is 5.09. The van der Waals surface area contributed by atoms with Gasteiger partial charge in [0.15, 0.2) is 12.7 Å².